The van der Waals surface area contributed by atoms with Gasteiger partial charge in [-0.05, 0) is 31.9 Å². The smallest absolute Gasteiger partial charge is 0.224 e. The van der Waals surface area contributed by atoms with E-state index >= 15 is 0 Å². The summed E-state index contributed by atoms with van der Waals surface area (Å²) in [5, 5.41) is 4.49. The van der Waals surface area contributed by atoms with Crippen LogP contribution in [-0.2, 0) is 11.3 Å². The van der Waals surface area contributed by atoms with Crippen LogP contribution in [0.2, 0.25) is 0 Å². The third-order valence-corrected chi connectivity index (χ3v) is 3.34. The van der Waals surface area contributed by atoms with Gasteiger partial charge in [0.1, 0.15) is 0 Å². The van der Waals surface area contributed by atoms with Gasteiger partial charge < -0.3 is 10.6 Å². The topological polar surface area (TPSA) is 64.2 Å². The fraction of sp³-hybridized carbons (Fsp3) is 0.692. The number of aryl methyl sites for hydroxylation is 1. The fourth-order valence-electron chi connectivity index (χ4n) is 1.95. The lowest BCUT2D eigenvalue weighted by molar-refractivity contribution is -0.130. The highest BCUT2D eigenvalue weighted by atomic mass is 16.2. The molecule has 2 N–H and O–H groups in total. The molecule has 0 saturated heterocycles. The van der Waals surface area contributed by atoms with Gasteiger partial charge in [-0.2, -0.15) is 5.10 Å². The van der Waals surface area contributed by atoms with Crippen LogP contribution in [0, 0.1) is 0 Å². The molecule has 1 aliphatic carbocycles. The highest BCUT2D eigenvalue weighted by Crippen LogP contribution is 2.38. The standard InChI is InChI=1S/C13H22N4O/c1-16(8-2-7-14)13(18)6-10-17-9-5-12(15-17)11-3-4-11/h5,9,11H,2-4,6-8,10,14H2,1H3. The molecule has 1 amide bonds. The van der Waals surface area contributed by atoms with E-state index in [0.717, 1.165) is 13.0 Å². The maximum Gasteiger partial charge on any atom is 0.224 e. The summed E-state index contributed by atoms with van der Waals surface area (Å²) < 4.78 is 1.88. The van der Waals surface area contributed by atoms with Crippen molar-refractivity contribution in [1.29, 1.82) is 0 Å². The van der Waals surface area contributed by atoms with Gasteiger partial charge in [-0.15, -0.1) is 0 Å². The highest BCUT2D eigenvalue weighted by molar-refractivity contribution is 5.75. The van der Waals surface area contributed by atoms with E-state index < -0.39 is 0 Å². The number of amides is 1. The number of hydrogen-bond acceptors (Lipinski definition) is 3. The average Bonchev–Trinajstić information content (AvgIpc) is 3.12. The van der Waals surface area contributed by atoms with Crippen molar-refractivity contribution in [2.24, 2.45) is 5.73 Å². The van der Waals surface area contributed by atoms with Gasteiger partial charge in [-0.3, -0.25) is 9.48 Å². The molecule has 0 spiro atoms. The van der Waals surface area contributed by atoms with E-state index in [2.05, 4.69) is 11.2 Å². The van der Waals surface area contributed by atoms with Gasteiger partial charge in [-0.25, -0.2) is 0 Å². The largest absolute Gasteiger partial charge is 0.346 e. The van der Waals surface area contributed by atoms with Gasteiger partial charge in [0.2, 0.25) is 5.91 Å². The van der Waals surface area contributed by atoms with Gasteiger partial charge in [0.15, 0.2) is 0 Å². The van der Waals surface area contributed by atoms with Crippen molar-refractivity contribution in [2.75, 3.05) is 20.1 Å². The van der Waals surface area contributed by atoms with Crippen LogP contribution in [0.4, 0.5) is 0 Å². The van der Waals surface area contributed by atoms with Crippen molar-refractivity contribution in [2.45, 2.75) is 38.1 Å². The first-order valence-corrected chi connectivity index (χ1v) is 6.68. The first-order valence-electron chi connectivity index (χ1n) is 6.68. The molecule has 0 radical (unpaired) electrons. The Kier molecular flexibility index (Phi) is 4.36. The zero-order valence-electron chi connectivity index (χ0n) is 11.0. The summed E-state index contributed by atoms with van der Waals surface area (Å²) >= 11 is 0. The highest BCUT2D eigenvalue weighted by Gasteiger charge is 2.25. The minimum Gasteiger partial charge on any atom is -0.346 e. The lowest BCUT2D eigenvalue weighted by atomic mass is 10.3. The predicted octanol–water partition coefficient (Wildman–Crippen LogP) is 0.958. The molecule has 0 aromatic carbocycles. The Morgan fingerprint density at radius 1 is 1.61 bits per heavy atom. The van der Waals surface area contributed by atoms with E-state index in [4.69, 9.17) is 5.73 Å². The summed E-state index contributed by atoms with van der Waals surface area (Å²) in [6, 6.07) is 2.07. The van der Waals surface area contributed by atoms with Gasteiger partial charge in [0.25, 0.3) is 0 Å². The average molecular weight is 250 g/mol. The molecular formula is C13H22N4O. The third kappa shape index (κ3) is 3.57. The number of nitrogens with two attached hydrogens (primary N) is 1. The lowest BCUT2D eigenvalue weighted by Gasteiger charge is -2.16. The number of rotatable bonds is 7. The first kappa shape index (κ1) is 13.1. The number of nitrogens with zero attached hydrogens (tertiary/aromatic N) is 3. The quantitative estimate of drug-likeness (QED) is 0.784. The van der Waals surface area contributed by atoms with E-state index in [0.29, 0.717) is 25.4 Å². The van der Waals surface area contributed by atoms with Crippen LogP contribution in [0.25, 0.3) is 0 Å². The van der Waals surface area contributed by atoms with Crippen LogP contribution in [0.1, 0.15) is 37.3 Å². The molecule has 0 unspecified atom stereocenters. The van der Waals surface area contributed by atoms with Crippen molar-refractivity contribution in [3.05, 3.63) is 18.0 Å². The van der Waals surface area contributed by atoms with Gasteiger partial charge in [-0.1, -0.05) is 0 Å². The number of aromatic nitrogens is 2. The molecule has 1 aromatic rings. The molecule has 0 atom stereocenters. The Balaban J connectivity index is 1.73. The van der Waals surface area contributed by atoms with Crippen molar-refractivity contribution in [3.63, 3.8) is 0 Å². The maximum atomic E-state index is 11.8. The van der Waals surface area contributed by atoms with Crippen molar-refractivity contribution >= 4 is 5.91 Å². The van der Waals surface area contributed by atoms with E-state index in [-0.39, 0.29) is 5.91 Å². The molecule has 0 bridgehead atoms. The third-order valence-electron chi connectivity index (χ3n) is 3.34. The molecule has 1 aliphatic rings. The SMILES string of the molecule is CN(CCCN)C(=O)CCn1ccc(C2CC2)n1. The zero-order chi connectivity index (χ0) is 13.0. The van der Waals surface area contributed by atoms with Crippen LogP contribution < -0.4 is 5.73 Å². The normalized spacial score (nSPS) is 14.8. The van der Waals surface area contributed by atoms with E-state index in [1.54, 1.807) is 4.90 Å². The Morgan fingerprint density at radius 2 is 2.39 bits per heavy atom. The monoisotopic (exact) mass is 250 g/mol. The number of carbonyl (C=O) groups is 1. The molecule has 1 aromatic heterocycles. The Bertz CT molecular complexity index is 397. The Labute approximate surface area is 108 Å². The lowest BCUT2D eigenvalue weighted by Crippen LogP contribution is -2.29. The number of carbonyl (C=O) groups excluding carboxylic acids is 1. The van der Waals surface area contributed by atoms with E-state index in [9.17, 15) is 4.79 Å². The molecule has 100 valence electrons. The minimum atomic E-state index is 0.159. The second-order valence-electron chi connectivity index (χ2n) is 4.99. The first-order chi connectivity index (χ1) is 8.70. The van der Waals surface area contributed by atoms with Crippen LogP contribution >= 0.6 is 0 Å². The summed E-state index contributed by atoms with van der Waals surface area (Å²) in [6.07, 6.45) is 5.86. The molecule has 1 fully saturated rings. The van der Waals surface area contributed by atoms with Crippen molar-refractivity contribution < 1.29 is 4.79 Å². The van der Waals surface area contributed by atoms with E-state index in [1.165, 1.54) is 18.5 Å². The zero-order valence-corrected chi connectivity index (χ0v) is 11.0. The second-order valence-corrected chi connectivity index (χ2v) is 4.99. The Morgan fingerprint density at radius 3 is 3.06 bits per heavy atom. The molecule has 1 saturated carbocycles. The molecule has 5 nitrogen and oxygen atoms in total. The second kappa shape index (κ2) is 6.00. The molecular weight excluding hydrogens is 228 g/mol. The van der Waals surface area contributed by atoms with Gasteiger partial charge in [0, 0.05) is 38.7 Å². The van der Waals surface area contributed by atoms with Crippen LogP contribution in [0.3, 0.4) is 0 Å². The Hall–Kier alpha value is -1.36. The molecule has 18 heavy (non-hydrogen) atoms. The molecule has 0 aliphatic heterocycles. The molecule has 1 heterocycles. The van der Waals surface area contributed by atoms with Crippen LogP contribution in [0.15, 0.2) is 12.3 Å². The summed E-state index contributed by atoms with van der Waals surface area (Å²) in [7, 11) is 1.83. The van der Waals surface area contributed by atoms with Crippen LogP contribution in [0.5, 0.6) is 0 Å². The van der Waals surface area contributed by atoms with Crippen molar-refractivity contribution in [1.82, 2.24) is 14.7 Å². The predicted molar refractivity (Wildman–Crippen MR) is 70.1 cm³/mol. The fourth-order valence-corrected chi connectivity index (χ4v) is 1.95. The minimum absolute atomic E-state index is 0.159. The number of hydrogen-bond donors (Lipinski definition) is 1. The summed E-state index contributed by atoms with van der Waals surface area (Å²) in [4.78, 5) is 13.6. The molecule has 2 rings (SSSR count). The van der Waals surface area contributed by atoms with Crippen molar-refractivity contribution in [3.8, 4) is 0 Å². The van der Waals surface area contributed by atoms with Gasteiger partial charge in [0.05, 0.1) is 5.69 Å². The molecule has 5 heteroatoms. The van der Waals surface area contributed by atoms with Crippen LogP contribution in [-0.4, -0.2) is 40.7 Å². The van der Waals surface area contributed by atoms with Gasteiger partial charge >= 0.3 is 0 Å². The van der Waals surface area contributed by atoms with E-state index in [1.807, 2.05) is 17.9 Å². The summed E-state index contributed by atoms with van der Waals surface area (Å²) in [6.45, 7) is 2.03. The summed E-state index contributed by atoms with van der Waals surface area (Å²) in [5.74, 6) is 0.834. The maximum absolute atomic E-state index is 11.8. The summed E-state index contributed by atoms with van der Waals surface area (Å²) in [5.41, 5.74) is 6.61.